The SMILES string of the molecule is Cc1cc(C(=O)NC2CCCS(=O)(=O)C2)ccc1F. The van der Waals surface area contributed by atoms with Gasteiger partial charge in [-0.1, -0.05) is 0 Å². The summed E-state index contributed by atoms with van der Waals surface area (Å²) in [5.74, 6) is -0.546. The zero-order chi connectivity index (χ0) is 14.0. The van der Waals surface area contributed by atoms with E-state index < -0.39 is 9.84 Å². The topological polar surface area (TPSA) is 63.2 Å². The first-order valence-electron chi connectivity index (χ1n) is 6.15. The van der Waals surface area contributed by atoms with Crippen LogP contribution in [0.1, 0.15) is 28.8 Å². The van der Waals surface area contributed by atoms with Crippen LogP contribution >= 0.6 is 0 Å². The molecule has 1 aromatic carbocycles. The van der Waals surface area contributed by atoms with Crippen molar-refractivity contribution in [2.75, 3.05) is 11.5 Å². The maximum Gasteiger partial charge on any atom is 0.251 e. The molecule has 2 rings (SSSR count). The molecule has 1 aliphatic rings. The third-order valence-electron chi connectivity index (χ3n) is 3.22. The Balaban J connectivity index is 2.06. The Hall–Kier alpha value is -1.43. The van der Waals surface area contributed by atoms with Gasteiger partial charge in [0.2, 0.25) is 0 Å². The molecule has 1 atom stereocenters. The van der Waals surface area contributed by atoms with Crippen LogP contribution in [-0.2, 0) is 9.84 Å². The minimum absolute atomic E-state index is 0.0150. The van der Waals surface area contributed by atoms with Gasteiger partial charge in [-0.05, 0) is 43.5 Å². The standard InChI is InChI=1S/C13H16FNO3S/c1-9-7-10(4-5-12(9)14)13(16)15-11-3-2-6-19(17,18)8-11/h4-5,7,11H,2-3,6,8H2,1H3,(H,15,16). The Morgan fingerprint density at radius 2 is 2.16 bits per heavy atom. The van der Waals surface area contributed by atoms with Crippen molar-refractivity contribution in [1.29, 1.82) is 0 Å². The molecule has 104 valence electrons. The molecule has 1 amide bonds. The number of hydrogen-bond acceptors (Lipinski definition) is 3. The summed E-state index contributed by atoms with van der Waals surface area (Å²) in [5, 5.41) is 2.70. The van der Waals surface area contributed by atoms with Gasteiger partial charge >= 0.3 is 0 Å². The highest BCUT2D eigenvalue weighted by atomic mass is 32.2. The fraction of sp³-hybridized carbons (Fsp3) is 0.462. The number of carbonyl (C=O) groups is 1. The van der Waals surface area contributed by atoms with Crippen molar-refractivity contribution < 1.29 is 17.6 Å². The third-order valence-corrected chi connectivity index (χ3v) is 5.04. The van der Waals surface area contributed by atoms with Crippen LogP contribution in [0, 0.1) is 12.7 Å². The van der Waals surface area contributed by atoms with Crippen LogP contribution in [0.4, 0.5) is 4.39 Å². The van der Waals surface area contributed by atoms with Gasteiger partial charge in [0.05, 0.1) is 11.5 Å². The van der Waals surface area contributed by atoms with Crippen LogP contribution in [0.25, 0.3) is 0 Å². The molecule has 1 aliphatic heterocycles. The summed E-state index contributed by atoms with van der Waals surface area (Å²) in [4.78, 5) is 12.0. The molecule has 19 heavy (non-hydrogen) atoms. The zero-order valence-corrected chi connectivity index (χ0v) is 11.5. The second-order valence-corrected chi connectivity index (χ2v) is 7.12. The third kappa shape index (κ3) is 3.53. The van der Waals surface area contributed by atoms with E-state index in [1.54, 1.807) is 6.92 Å². The summed E-state index contributed by atoms with van der Waals surface area (Å²) < 4.78 is 36.1. The summed E-state index contributed by atoms with van der Waals surface area (Å²) in [7, 11) is -3.05. The average Bonchev–Trinajstić information content (AvgIpc) is 2.31. The van der Waals surface area contributed by atoms with Gasteiger partial charge in [0.1, 0.15) is 5.82 Å². The minimum Gasteiger partial charge on any atom is -0.348 e. The molecule has 0 aromatic heterocycles. The molecule has 0 radical (unpaired) electrons. The fourth-order valence-corrected chi connectivity index (χ4v) is 3.83. The Bertz CT molecular complexity index is 598. The van der Waals surface area contributed by atoms with E-state index in [1.165, 1.54) is 18.2 Å². The van der Waals surface area contributed by atoms with Crippen LogP contribution in [0.15, 0.2) is 18.2 Å². The Labute approximate surface area is 111 Å². The first kappa shape index (κ1) is 14.0. The average molecular weight is 285 g/mol. The van der Waals surface area contributed by atoms with Crippen molar-refractivity contribution in [2.24, 2.45) is 0 Å². The molecule has 1 N–H and O–H groups in total. The molecule has 1 aromatic rings. The van der Waals surface area contributed by atoms with Crippen LogP contribution in [0.3, 0.4) is 0 Å². The minimum atomic E-state index is -3.05. The van der Waals surface area contributed by atoms with Crippen molar-refractivity contribution in [2.45, 2.75) is 25.8 Å². The smallest absolute Gasteiger partial charge is 0.251 e. The molecule has 4 nitrogen and oxygen atoms in total. The van der Waals surface area contributed by atoms with E-state index in [-0.39, 0.29) is 29.3 Å². The summed E-state index contributed by atoms with van der Waals surface area (Å²) in [6.45, 7) is 1.58. The van der Waals surface area contributed by atoms with E-state index in [9.17, 15) is 17.6 Å². The molecule has 1 fully saturated rings. The molecular weight excluding hydrogens is 269 g/mol. The molecule has 1 unspecified atom stereocenters. The van der Waals surface area contributed by atoms with E-state index in [1.807, 2.05) is 0 Å². The Morgan fingerprint density at radius 3 is 2.79 bits per heavy atom. The van der Waals surface area contributed by atoms with Gasteiger partial charge in [0, 0.05) is 11.6 Å². The van der Waals surface area contributed by atoms with Crippen molar-refractivity contribution in [3.8, 4) is 0 Å². The molecule has 6 heteroatoms. The van der Waals surface area contributed by atoms with Gasteiger partial charge < -0.3 is 5.32 Å². The highest BCUT2D eigenvalue weighted by Gasteiger charge is 2.26. The van der Waals surface area contributed by atoms with Crippen molar-refractivity contribution >= 4 is 15.7 Å². The number of sulfone groups is 1. The number of amides is 1. The van der Waals surface area contributed by atoms with Crippen molar-refractivity contribution in [1.82, 2.24) is 5.32 Å². The number of carbonyl (C=O) groups excluding carboxylic acids is 1. The molecule has 0 spiro atoms. The lowest BCUT2D eigenvalue weighted by molar-refractivity contribution is 0.0938. The molecule has 0 bridgehead atoms. The summed E-state index contributed by atoms with van der Waals surface area (Å²) in [5.41, 5.74) is 0.741. The highest BCUT2D eigenvalue weighted by molar-refractivity contribution is 7.91. The quantitative estimate of drug-likeness (QED) is 0.894. The Morgan fingerprint density at radius 1 is 1.42 bits per heavy atom. The molecule has 1 heterocycles. The van der Waals surface area contributed by atoms with Crippen LogP contribution in [-0.4, -0.2) is 31.9 Å². The predicted molar refractivity (Wildman–Crippen MR) is 70.3 cm³/mol. The monoisotopic (exact) mass is 285 g/mol. The Kier molecular flexibility index (Phi) is 3.89. The lowest BCUT2D eigenvalue weighted by atomic mass is 10.1. The second kappa shape index (κ2) is 5.28. The van der Waals surface area contributed by atoms with Crippen molar-refractivity contribution in [3.05, 3.63) is 35.1 Å². The van der Waals surface area contributed by atoms with Crippen LogP contribution in [0.2, 0.25) is 0 Å². The summed E-state index contributed by atoms with van der Waals surface area (Å²) in [6, 6.07) is 3.75. The van der Waals surface area contributed by atoms with E-state index in [0.717, 1.165) is 0 Å². The molecule has 0 aliphatic carbocycles. The maximum atomic E-state index is 13.1. The lowest BCUT2D eigenvalue weighted by Crippen LogP contribution is -2.43. The first-order valence-corrected chi connectivity index (χ1v) is 7.97. The lowest BCUT2D eigenvalue weighted by Gasteiger charge is -2.23. The summed E-state index contributed by atoms with van der Waals surface area (Å²) >= 11 is 0. The number of aryl methyl sites for hydroxylation is 1. The number of nitrogens with one attached hydrogen (secondary N) is 1. The van der Waals surface area contributed by atoms with Gasteiger partial charge in [0.25, 0.3) is 5.91 Å². The van der Waals surface area contributed by atoms with Gasteiger partial charge in [0.15, 0.2) is 9.84 Å². The van der Waals surface area contributed by atoms with Gasteiger partial charge in [-0.3, -0.25) is 4.79 Å². The number of benzene rings is 1. The van der Waals surface area contributed by atoms with E-state index >= 15 is 0 Å². The predicted octanol–water partition coefficient (Wildman–Crippen LogP) is 1.44. The second-order valence-electron chi connectivity index (χ2n) is 4.89. The van der Waals surface area contributed by atoms with Gasteiger partial charge in [-0.2, -0.15) is 0 Å². The van der Waals surface area contributed by atoms with E-state index in [2.05, 4.69) is 5.32 Å². The molecule has 0 saturated carbocycles. The van der Waals surface area contributed by atoms with E-state index in [4.69, 9.17) is 0 Å². The normalized spacial score (nSPS) is 21.9. The van der Waals surface area contributed by atoms with E-state index in [0.29, 0.717) is 24.0 Å². The molecular formula is C13H16FNO3S. The largest absolute Gasteiger partial charge is 0.348 e. The fourth-order valence-electron chi connectivity index (χ4n) is 2.19. The van der Waals surface area contributed by atoms with Gasteiger partial charge in [-0.15, -0.1) is 0 Å². The maximum absolute atomic E-state index is 13.1. The van der Waals surface area contributed by atoms with Crippen LogP contribution < -0.4 is 5.32 Å². The van der Waals surface area contributed by atoms with Crippen molar-refractivity contribution in [3.63, 3.8) is 0 Å². The van der Waals surface area contributed by atoms with Crippen LogP contribution in [0.5, 0.6) is 0 Å². The highest BCUT2D eigenvalue weighted by Crippen LogP contribution is 2.14. The first-order chi connectivity index (χ1) is 8.87. The zero-order valence-electron chi connectivity index (χ0n) is 10.6. The summed E-state index contributed by atoms with van der Waals surface area (Å²) in [6.07, 6.45) is 1.22. The number of rotatable bonds is 2. The number of halogens is 1. The molecule has 1 saturated heterocycles. The number of hydrogen-bond donors (Lipinski definition) is 1. The van der Waals surface area contributed by atoms with Gasteiger partial charge in [-0.25, -0.2) is 12.8 Å².